The van der Waals surface area contributed by atoms with Crippen LogP contribution in [0.4, 0.5) is 11.4 Å². The van der Waals surface area contributed by atoms with Gasteiger partial charge in [0.2, 0.25) is 0 Å². The van der Waals surface area contributed by atoms with Gasteiger partial charge in [-0.25, -0.2) is 0 Å². The number of phenolic OH excluding ortho intramolecular Hbond substituents is 1. The van der Waals surface area contributed by atoms with Crippen LogP contribution in [0.2, 0.25) is 0 Å². The molecule has 1 atom stereocenters. The van der Waals surface area contributed by atoms with Crippen LogP contribution in [0, 0.1) is 27.2 Å². The Morgan fingerprint density at radius 3 is 2.25 bits per heavy atom. The number of hydrogen-bond acceptors (Lipinski definition) is 8. The predicted octanol–water partition coefficient (Wildman–Crippen LogP) is 1.04. The van der Waals surface area contributed by atoms with Gasteiger partial charge in [0.15, 0.2) is 5.75 Å². The summed E-state index contributed by atoms with van der Waals surface area (Å²) in [7, 11) is 0. The molecule has 11 heteroatoms. The molecule has 6 N–H and O–H groups in total. The Bertz CT molecular complexity index is 606. The van der Waals surface area contributed by atoms with Crippen molar-refractivity contribution in [1.82, 2.24) is 0 Å². The summed E-state index contributed by atoms with van der Waals surface area (Å²) >= 11 is 0. The second-order valence-corrected chi connectivity index (χ2v) is 4.87. The van der Waals surface area contributed by atoms with E-state index < -0.39 is 39.0 Å². The first-order chi connectivity index (χ1) is 11.1. The van der Waals surface area contributed by atoms with Crippen molar-refractivity contribution in [2.45, 2.75) is 32.2 Å². The van der Waals surface area contributed by atoms with E-state index in [-0.39, 0.29) is 5.56 Å². The first kappa shape index (κ1) is 21.2. The van der Waals surface area contributed by atoms with Gasteiger partial charge >= 0.3 is 11.7 Å². The number of nitro benzene ring substituents is 2. The zero-order valence-corrected chi connectivity index (χ0v) is 13.0. The Balaban J connectivity index is 0.000000470. The molecule has 0 aliphatic heterocycles. The standard InChI is InChI=1S/C7H6N2O5.C6H14N2O2/c1-4-2-5(8(11)12)3-6(7(4)10)9(13)14;7-4-2-1-3-5(8)6(9)10/h2-3,10H,1H3;5H,1-4,7-8H2,(H,9,10). The molecule has 0 radical (unpaired) electrons. The SMILES string of the molecule is Cc1cc([N+](=O)[O-])cc([N+](=O)[O-])c1O.NCCCCC(N)C(=O)O. The Morgan fingerprint density at radius 1 is 1.25 bits per heavy atom. The molecule has 0 fully saturated rings. The third-order valence-electron chi connectivity index (χ3n) is 2.96. The monoisotopic (exact) mass is 344 g/mol. The van der Waals surface area contributed by atoms with Gasteiger partial charge in [0, 0.05) is 11.6 Å². The van der Waals surface area contributed by atoms with Crippen molar-refractivity contribution >= 4 is 17.3 Å². The van der Waals surface area contributed by atoms with Gasteiger partial charge in [-0.05, 0) is 26.3 Å². The lowest BCUT2D eigenvalue weighted by Gasteiger charge is -2.03. The van der Waals surface area contributed by atoms with Crippen molar-refractivity contribution < 1.29 is 24.9 Å². The van der Waals surface area contributed by atoms with E-state index in [4.69, 9.17) is 16.6 Å². The second kappa shape index (κ2) is 10.1. The number of carboxylic acids is 1. The Kier molecular flexibility index (Phi) is 8.90. The molecule has 0 saturated carbocycles. The van der Waals surface area contributed by atoms with Gasteiger partial charge in [-0.15, -0.1) is 0 Å². The molecule has 24 heavy (non-hydrogen) atoms. The van der Waals surface area contributed by atoms with Crippen molar-refractivity contribution in [3.05, 3.63) is 37.9 Å². The third-order valence-corrected chi connectivity index (χ3v) is 2.96. The quantitative estimate of drug-likeness (QED) is 0.317. The summed E-state index contributed by atoms with van der Waals surface area (Å²) in [6.45, 7) is 1.96. The van der Waals surface area contributed by atoms with Gasteiger partial charge in [0.1, 0.15) is 6.04 Å². The number of hydrogen-bond donors (Lipinski definition) is 4. The van der Waals surface area contributed by atoms with E-state index in [1.54, 1.807) is 0 Å². The van der Waals surface area contributed by atoms with E-state index in [9.17, 15) is 30.1 Å². The number of phenols is 1. The van der Waals surface area contributed by atoms with Gasteiger partial charge in [-0.1, -0.05) is 6.42 Å². The van der Waals surface area contributed by atoms with E-state index >= 15 is 0 Å². The molecule has 11 nitrogen and oxygen atoms in total. The van der Waals surface area contributed by atoms with Gasteiger partial charge in [0.05, 0.1) is 15.9 Å². The van der Waals surface area contributed by atoms with Gasteiger partial charge in [-0.3, -0.25) is 25.0 Å². The summed E-state index contributed by atoms with van der Waals surface area (Å²) in [5, 5.41) is 38.2. The van der Waals surface area contributed by atoms with E-state index in [1.165, 1.54) is 6.92 Å². The molecular weight excluding hydrogens is 324 g/mol. The van der Waals surface area contributed by atoms with E-state index in [1.807, 2.05) is 0 Å². The zero-order valence-electron chi connectivity index (χ0n) is 13.0. The minimum absolute atomic E-state index is 0.103. The van der Waals surface area contributed by atoms with E-state index in [2.05, 4.69) is 0 Å². The summed E-state index contributed by atoms with van der Waals surface area (Å²) in [5.41, 5.74) is 9.46. The molecular formula is C13H20N4O7. The fourth-order valence-corrected chi connectivity index (χ4v) is 1.62. The minimum Gasteiger partial charge on any atom is -0.502 e. The normalized spacial score (nSPS) is 11.1. The molecule has 0 amide bonds. The third kappa shape index (κ3) is 6.98. The van der Waals surface area contributed by atoms with E-state index in [0.717, 1.165) is 25.0 Å². The number of nitro groups is 2. The number of nitrogens with zero attached hydrogens (tertiary/aromatic N) is 2. The first-order valence-electron chi connectivity index (χ1n) is 6.92. The molecule has 0 saturated heterocycles. The summed E-state index contributed by atoms with van der Waals surface area (Å²) in [6, 6.07) is 1.08. The van der Waals surface area contributed by atoms with Crippen molar-refractivity contribution in [3.63, 3.8) is 0 Å². The molecule has 134 valence electrons. The number of unbranched alkanes of at least 4 members (excludes halogenated alkanes) is 1. The minimum atomic E-state index is -0.933. The molecule has 1 aromatic rings. The van der Waals surface area contributed by atoms with Crippen molar-refractivity contribution in [2.24, 2.45) is 11.5 Å². The molecule has 0 spiro atoms. The molecule has 1 unspecified atom stereocenters. The van der Waals surface area contributed by atoms with Crippen LogP contribution in [-0.4, -0.2) is 38.6 Å². The molecule has 1 aromatic carbocycles. The van der Waals surface area contributed by atoms with Crippen LogP contribution in [0.25, 0.3) is 0 Å². The molecule has 0 aliphatic carbocycles. The lowest BCUT2D eigenvalue weighted by Crippen LogP contribution is -2.29. The summed E-state index contributed by atoms with van der Waals surface area (Å²) < 4.78 is 0. The number of carboxylic acid groups (broad SMARTS) is 1. The average molecular weight is 344 g/mol. The fraction of sp³-hybridized carbons (Fsp3) is 0.462. The maximum atomic E-state index is 10.4. The Morgan fingerprint density at radius 2 is 1.83 bits per heavy atom. The van der Waals surface area contributed by atoms with Gasteiger partial charge < -0.3 is 21.7 Å². The van der Waals surface area contributed by atoms with E-state index in [0.29, 0.717) is 13.0 Å². The molecule has 0 heterocycles. The highest BCUT2D eigenvalue weighted by Gasteiger charge is 2.21. The summed E-state index contributed by atoms with van der Waals surface area (Å²) in [5.74, 6) is -1.47. The summed E-state index contributed by atoms with van der Waals surface area (Å²) in [4.78, 5) is 29.2. The van der Waals surface area contributed by atoms with Crippen LogP contribution in [0.3, 0.4) is 0 Å². The van der Waals surface area contributed by atoms with Crippen LogP contribution in [0.1, 0.15) is 24.8 Å². The fourth-order valence-electron chi connectivity index (χ4n) is 1.62. The molecule has 1 rings (SSSR count). The topological polar surface area (TPSA) is 196 Å². The largest absolute Gasteiger partial charge is 0.502 e. The number of rotatable bonds is 7. The van der Waals surface area contributed by atoms with Gasteiger partial charge in [0.25, 0.3) is 5.69 Å². The van der Waals surface area contributed by atoms with Crippen molar-refractivity contribution in [2.75, 3.05) is 6.54 Å². The Labute approximate surface area is 137 Å². The number of aromatic hydroxyl groups is 1. The number of aliphatic carboxylic acids is 1. The maximum Gasteiger partial charge on any atom is 0.320 e. The lowest BCUT2D eigenvalue weighted by molar-refractivity contribution is -0.394. The van der Waals surface area contributed by atoms with Crippen LogP contribution >= 0.6 is 0 Å². The predicted molar refractivity (Wildman–Crippen MR) is 84.7 cm³/mol. The Hall–Kier alpha value is -2.79. The van der Waals surface area contributed by atoms with Gasteiger partial charge in [-0.2, -0.15) is 0 Å². The molecule has 0 aliphatic rings. The van der Waals surface area contributed by atoms with Crippen molar-refractivity contribution in [3.8, 4) is 5.75 Å². The number of aryl methyl sites for hydroxylation is 1. The lowest BCUT2D eigenvalue weighted by atomic mass is 10.1. The first-order valence-corrected chi connectivity index (χ1v) is 6.92. The molecule has 0 bridgehead atoms. The van der Waals surface area contributed by atoms with Crippen LogP contribution < -0.4 is 11.5 Å². The van der Waals surface area contributed by atoms with Crippen LogP contribution in [-0.2, 0) is 4.79 Å². The van der Waals surface area contributed by atoms with Crippen molar-refractivity contribution in [1.29, 1.82) is 0 Å². The highest BCUT2D eigenvalue weighted by Crippen LogP contribution is 2.33. The number of non-ortho nitro benzene ring substituents is 1. The highest BCUT2D eigenvalue weighted by atomic mass is 16.6. The molecule has 0 aromatic heterocycles. The van der Waals surface area contributed by atoms with Crippen LogP contribution in [0.5, 0.6) is 5.75 Å². The second-order valence-electron chi connectivity index (χ2n) is 4.87. The number of benzene rings is 1. The summed E-state index contributed by atoms with van der Waals surface area (Å²) in [6.07, 6.45) is 2.16. The number of carbonyl (C=O) groups is 1. The highest BCUT2D eigenvalue weighted by molar-refractivity contribution is 5.72. The van der Waals surface area contributed by atoms with Crippen LogP contribution in [0.15, 0.2) is 12.1 Å². The smallest absolute Gasteiger partial charge is 0.320 e. The number of nitrogens with two attached hydrogens (primary N) is 2. The zero-order chi connectivity index (χ0) is 18.9. The average Bonchev–Trinajstić information content (AvgIpc) is 2.49. The maximum absolute atomic E-state index is 10.4.